The molecule has 0 N–H and O–H groups in total. The van der Waals surface area contributed by atoms with Crippen molar-refractivity contribution in [3.63, 3.8) is 0 Å². The lowest BCUT2D eigenvalue weighted by Gasteiger charge is -2.30. The van der Waals surface area contributed by atoms with Gasteiger partial charge < -0.3 is 4.90 Å². The molecule has 0 bridgehead atoms. The quantitative estimate of drug-likeness (QED) is 0.553. The summed E-state index contributed by atoms with van der Waals surface area (Å²) in [6.45, 7) is 12.0. The lowest BCUT2D eigenvalue weighted by atomic mass is 10.1. The van der Waals surface area contributed by atoms with Gasteiger partial charge in [0.2, 0.25) is 5.91 Å². The highest BCUT2D eigenvalue weighted by Crippen LogP contribution is 2.20. The van der Waals surface area contributed by atoms with Crippen molar-refractivity contribution in [1.29, 1.82) is 0 Å². The Kier molecular flexibility index (Phi) is 4.68. The van der Waals surface area contributed by atoms with E-state index in [4.69, 9.17) is 0 Å². The number of carbonyl (C=O) groups excluding carboxylic acids is 1. The highest BCUT2D eigenvalue weighted by Gasteiger charge is 2.29. The SMILES string of the molecule is C=CCN(C(=O)C(C)(C)Br)C(C)C. The zero-order valence-electron chi connectivity index (χ0n) is 8.80. The molecule has 76 valence electrons. The van der Waals surface area contributed by atoms with Crippen LogP contribution in [0.3, 0.4) is 0 Å². The van der Waals surface area contributed by atoms with Crippen LogP contribution in [0.25, 0.3) is 0 Å². The third-order valence-electron chi connectivity index (χ3n) is 1.72. The van der Waals surface area contributed by atoms with Crippen LogP contribution in [0.2, 0.25) is 0 Å². The number of carbonyl (C=O) groups is 1. The number of halogens is 1. The van der Waals surface area contributed by atoms with E-state index in [-0.39, 0.29) is 11.9 Å². The summed E-state index contributed by atoms with van der Waals surface area (Å²) in [5, 5.41) is 0. The zero-order chi connectivity index (χ0) is 10.6. The molecule has 0 atom stereocenters. The molecule has 0 unspecified atom stereocenters. The Balaban J connectivity index is 4.56. The Bertz CT molecular complexity index is 194. The van der Waals surface area contributed by atoms with Gasteiger partial charge in [0.15, 0.2) is 0 Å². The van der Waals surface area contributed by atoms with E-state index in [0.29, 0.717) is 6.54 Å². The molecular weight excluding hydrogens is 230 g/mol. The molecule has 0 rings (SSSR count). The Morgan fingerprint density at radius 1 is 1.62 bits per heavy atom. The van der Waals surface area contributed by atoms with Crippen LogP contribution in [0.1, 0.15) is 27.7 Å². The molecule has 0 aliphatic rings. The molecule has 13 heavy (non-hydrogen) atoms. The fourth-order valence-electron chi connectivity index (χ4n) is 1.01. The van der Waals surface area contributed by atoms with Crippen LogP contribution < -0.4 is 0 Å². The second kappa shape index (κ2) is 4.80. The third-order valence-corrected chi connectivity index (χ3v) is 2.06. The third kappa shape index (κ3) is 3.94. The van der Waals surface area contributed by atoms with Crippen molar-refractivity contribution in [2.45, 2.75) is 38.1 Å². The summed E-state index contributed by atoms with van der Waals surface area (Å²) in [5.41, 5.74) is 0. The second-order valence-electron chi connectivity index (χ2n) is 3.81. The number of rotatable bonds is 4. The summed E-state index contributed by atoms with van der Waals surface area (Å²) in [7, 11) is 0. The van der Waals surface area contributed by atoms with Gasteiger partial charge in [-0.05, 0) is 27.7 Å². The minimum Gasteiger partial charge on any atom is -0.335 e. The van der Waals surface area contributed by atoms with Crippen LogP contribution in [-0.4, -0.2) is 27.7 Å². The molecule has 0 saturated carbocycles. The molecule has 0 spiro atoms. The van der Waals surface area contributed by atoms with Gasteiger partial charge in [0.05, 0.1) is 4.32 Å². The van der Waals surface area contributed by atoms with Crippen molar-refractivity contribution in [3.8, 4) is 0 Å². The van der Waals surface area contributed by atoms with E-state index in [9.17, 15) is 4.79 Å². The predicted octanol–water partition coefficient (Wildman–Crippen LogP) is 2.58. The average Bonchev–Trinajstić information content (AvgIpc) is 1.96. The minimum absolute atomic E-state index is 0.0994. The summed E-state index contributed by atoms with van der Waals surface area (Å²) < 4.78 is -0.486. The van der Waals surface area contributed by atoms with Gasteiger partial charge in [-0.25, -0.2) is 0 Å². The molecule has 0 radical (unpaired) electrons. The van der Waals surface area contributed by atoms with E-state index in [1.807, 2.05) is 27.7 Å². The van der Waals surface area contributed by atoms with Crippen molar-refractivity contribution in [2.24, 2.45) is 0 Å². The van der Waals surface area contributed by atoms with Crippen molar-refractivity contribution in [3.05, 3.63) is 12.7 Å². The maximum atomic E-state index is 11.8. The first-order valence-corrected chi connectivity index (χ1v) is 5.21. The van der Waals surface area contributed by atoms with Gasteiger partial charge in [-0.2, -0.15) is 0 Å². The Labute approximate surface area is 89.1 Å². The maximum Gasteiger partial charge on any atom is 0.239 e. The topological polar surface area (TPSA) is 20.3 Å². The van der Waals surface area contributed by atoms with Gasteiger partial charge in [-0.15, -0.1) is 6.58 Å². The van der Waals surface area contributed by atoms with Crippen molar-refractivity contribution < 1.29 is 4.79 Å². The van der Waals surface area contributed by atoms with Gasteiger partial charge in [0, 0.05) is 12.6 Å². The van der Waals surface area contributed by atoms with E-state index in [2.05, 4.69) is 22.5 Å². The molecule has 0 aromatic carbocycles. The normalized spacial score (nSPS) is 11.5. The van der Waals surface area contributed by atoms with E-state index >= 15 is 0 Å². The van der Waals surface area contributed by atoms with Crippen molar-refractivity contribution >= 4 is 21.8 Å². The van der Waals surface area contributed by atoms with Gasteiger partial charge in [-0.3, -0.25) is 4.79 Å². The molecule has 1 amide bonds. The van der Waals surface area contributed by atoms with Crippen LogP contribution in [0.15, 0.2) is 12.7 Å². The molecular formula is C10H18BrNO. The molecule has 0 aliphatic heterocycles. The average molecular weight is 248 g/mol. The summed E-state index contributed by atoms with van der Waals surface area (Å²) in [6.07, 6.45) is 1.75. The Morgan fingerprint density at radius 2 is 2.08 bits per heavy atom. The molecule has 0 aromatic heterocycles. The van der Waals surface area contributed by atoms with E-state index < -0.39 is 4.32 Å². The number of hydrogen-bond acceptors (Lipinski definition) is 1. The second-order valence-corrected chi connectivity index (χ2v) is 5.79. The lowest BCUT2D eigenvalue weighted by molar-refractivity contribution is -0.133. The van der Waals surface area contributed by atoms with E-state index in [1.165, 1.54) is 0 Å². The van der Waals surface area contributed by atoms with Crippen molar-refractivity contribution in [1.82, 2.24) is 4.90 Å². The smallest absolute Gasteiger partial charge is 0.239 e. The predicted molar refractivity (Wildman–Crippen MR) is 60.1 cm³/mol. The van der Waals surface area contributed by atoms with Gasteiger partial charge in [-0.1, -0.05) is 22.0 Å². The zero-order valence-corrected chi connectivity index (χ0v) is 10.4. The first-order chi connectivity index (χ1) is 5.80. The molecule has 0 saturated heterocycles. The van der Waals surface area contributed by atoms with E-state index in [1.54, 1.807) is 11.0 Å². The summed E-state index contributed by atoms with van der Waals surface area (Å²) in [4.78, 5) is 13.6. The summed E-state index contributed by atoms with van der Waals surface area (Å²) in [6, 6.07) is 0.210. The number of amides is 1. The summed E-state index contributed by atoms with van der Waals surface area (Å²) in [5.74, 6) is 0.0994. The number of nitrogens with zero attached hydrogens (tertiary/aromatic N) is 1. The molecule has 3 heteroatoms. The monoisotopic (exact) mass is 247 g/mol. The van der Waals surface area contributed by atoms with Crippen molar-refractivity contribution in [2.75, 3.05) is 6.54 Å². The van der Waals surface area contributed by atoms with E-state index in [0.717, 1.165) is 0 Å². The molecule has 0 aliphatic carbocycles. The first kappa shape index (κ1) is 12.7. The van der Waals surface area contributed by atoms with Gasteiger partial charge in [0.1, 0.15) is 0 Å². The standard InChI is InChI=1S/C10H18BrNO/c1-6-7-12(8(2)3)9(13)10(4,5)11/h6,8H,1,7H2,2-5H3. The van der Waals surface area contributed by atoms with Crippen LogP contribution in [0, 0.1) is 0 Å². The van der Waals surface area contributed by atoms with Gasteiger partial charge in [0.25, 0.3) is 0 Å². The first-order valence-electron chi connectivity index (χ1n) is 4.41. The van der Waals surface area contributed by atoms with Crippen LogP contribution in [0.5, 0.6) is 0 Å². The maximum absolute atomic E-state index is 11.8. The number of alkyl halides is 1. The molecule has 0 aromatic rings. The Morgan fingerprint density at radius 3 is 2.31 bits per heavy atom. The largest absolute Gasteiger partial charge is 0.335 e. The highest BCUT2D eigenvalue weighted by molar-refractivity contribution is 9.10. The molecule has 0 fully saturated rings. The van der Waals surface area contributed by atoms with Gasteiger partial charge >= 0.3 is 0 Å². The highest BCUT2D eigenvalue weighted by atomic mass is 79.9. The number of hydrogen-bond donors (Lipinski definition) is 0. The molecule has 0 heterocycles. The fourth-order valence-corrected chi connectivity index (χ4v) is 1.24. The van der Waals surface area contributed by atoms with Crippen LogP contribution in [-0.2, 0) is 4.79 Å². The van der Waals surface area contributed by atoms with Crippen LogP contribution >= 0.6 is 15.9 Å². The Hall–Kier alpha value is -0.310. The lowest BCUT2D eigenvalue weighted by Crippen LogP contribution is -2.45. The molecule has 2 nitrogen and oxygen atoms in total. The minimum atomic E-state index is -0.486. The summed E-state index contributed by atoms with van der Waals surface area (Å²) >= 11 is 3.36. The van der Waals surface area contributed by atoms with Crippen LogP contribution in [0.4, 0.5) is 0 Å². The fraction of sp³-hybridized carbons (Fsp3) is 0.700.